The van der Waals surface area contributed by atoms with Crippen molar-refractivity contribution in [3.05, 3.63) is 73.0 Å². The maximum Gasteiger partial charge on any atom is 0.291 e. The number of anilines is 1. The van der Waals surface area contributed by atoms with E-state index in [0.29, 0.717) is 43.0 Å². The lowest BCUT2D eigenvalue weighted by molar-refractivity contribution is -0.113. The molecule has 174 valence electrons. The SMILES string of the molecule is CCCCCCCN1C(=O)/C(=c2\sc3nc(-c4ccc(Cl)cc4Cl)nn3c2=O)c2ccccc21. The van der Waals surface area contributed by atoms with Gasteiger partial charge in [-0.25, -0.2) is 0 Å². The van der Waals surface area contributed by atoms with Crippen molar-refractivity contribution in [3.8, 4) is 11.4 Å². The molecule has 0 saturated heterocycles. The lowest BCUT2D eigenvalue weighted by Gasteiger charge is -2.16. The van der Waals surface area contributed by atoms with E-state index in [1.165, 1.54) is 28.7 Å². The summed E-state index contributed by atoms with van der Waals surface area (Å²) in [5, 5.41) is 5.29. The summed E-state index contributed by atoms with van der Waals surface area (Å²) in [7, 11) is 0. The minimum Gasteiger partial charge on any atom is -0.308 e. The van der Waals surface area contributed by atoms with Crippen molar-refractivity contribution >= 4 is 56.7 Å². The van der Waals surface area contributed by atoms with E-state index in [0.717, 1.165) is 30.5 Å². The summed E-state index contributed by atoms with van der Waals surface area (Å²) < 4.78 is 1.60. The van der Waals surface area contributed by atoms with Crippen LogP contribution in [0, 0.1) is 0 Å². The van der Waals surface area contributed by atoms with Gasteiger partial charge in [-0.1, -0.05) is 85.3 Å². The van der Waals surface area contributed by atoms with Gasteiger partial charge in [0.05, 0.1) is 16.3 Å². The van der Waals surface area contributed by atoms with Crippen LogP contribution in [-0.4, -0.2) is 27.0 Å². The Bertz CT molecular complexity index is 1510. The average Bonchev–Trinajstić information content (AvgIpc) is 3.44. The van der Waals surface area contributed by atoms with E-state index >= 15 is 0 Å². The normalized spacial score (nSPS) is 14.9. The molecule has 0 bridgehead atoms. The lowest BCUT2D eigenvalue weighted by Crippen LogP contribution is -2.33. The van der Waals surface area contributed by atoms with Gasteiger partial charge in [0.2, 0.25) is 4.96 Å². The average molecular weight is 513 g/mol. The highest BCUT2D eigenvalue weighted by Gasteiger charge is 2.34. The molecule has 0 radical (unpaired) electrons. The predicted molar refractivity (Wildman–Crippen MR) is 138 cm³/mol. The van der Waals surface area contributed by atoms with Gasteiger partial charge in [0.25, 0.3) is 11.5 Å². The number of nitrogens with zero attached hydrogens (tertiary/aromatic N) is 4. The van der Waals surface area contributed by atoms with Crippen molar-refractivity contribution in [3.63, 3.8) is 0 Å². The summed E-state index contributed by atoms with van der Waals surface area (Å²) in [6, 6.07) is 12.7. The zero-order valence-corrected chi connectivity index (χ0v) is 20.9. The first-order valence-corrected chi connectivity index (χ1v) is 12.9. The van der Waals surface area contributed by atoms with Crippen LogP contribution in [0.2, 0.25) is 10.0 Å². The Morgan fingerprint density at radius 1 is 0.971 bits per heavy atom. The predicted octanol–water partition coefficient (Wildman–Crippen LogP) is 5.36. The standard InChI is InChI=1S/C25H22Cl2N4O2S/c1-2-3-4-5-8-13-30-19-10-7-6-9-17(19)20(23(30)32)21-24(33)31-25(34-21)28-22(29-31)16-12-11-15(26)14-18(16)27/h6-7,9-12,14H,2-5,8,13H2,1H3/b21-20-. The number of unbranched alkanes of at least 4 members (excludes halogenated alkanes) is 4. The van der Waals surface area contributed by atoms with Crippen molar-refractivity contribution in [1.82, 2.24) is 14.6 Å². The molecule has 0 fully saturated rings. The van der Waals surface area contributed by atoms with Gasteiger partial charge in [0.1, 0.15) is 4.53 Å². The number of carbonyl (C=O) groups is 1. The van der Waals surface area contributed by atoms with Crippen LogP contribution in [0.1, 0.15) is 44.6 Å². The van der Waals surface area contributed by atoms with Crippen molar-refractivity contribution in [1.29, 1.82) is 0 Å². The zero-order valence-electron chi connectivity index (χ0n) is 18.6. The molecule has 0 spiro atoms. The van der Waals surface area contributed by atoms with E-state index in [9.17, 15) is 9.59 Å². The van der Waals surface area contributed by atoms with Crippen LogP contribution >= 0.6 is 34.5 Å². The van der Waals surface area contributed by atoms with E-state index < -0.39 is 0 Å². The van der Waals surface area contributed by atoms with Gasteiger partial charge in [-0.15, -0.1) is 5.10 Å². The van der Waals surface area contributed by atoms with E-state index in [1.54, 1.807) is 23.1 Å². The third-order valence-electron chi connectivity index (χ3n) is 5.96. The molecule has 0 aliphatic carbocycles. The number of benzene rings is 2. The molecule has 34 heavy (non-hydrogen) atoms. The fraction of sp³-hybridized carbons (Fsp3) is 0.280. The Hall–Kier alpha value is -2.74. The van der Waals surface area contributed by atoms with Gasteiger partial charge >= 0.3 is 0 Å². The Morgan fingerprint density at radius 2 is 1.76 bits per heavy atom. The second kappa shape index (κ2) is 9.49. The van der Waals surface area contributed by atoms with E-state index in [2.05, 4.69) is 17.0 Å². The molecular formula is C25H22Cl2N4O2S. The number of fused-ring (bicyclic) bond motifs is 2. The molecule has 5 rings (SSSR count). The van der Waals surface area contributed by atoms with Gasteiger partial charge in [0, 0.05) is 22.7 Å². The number of thiazole rings is 1. The van der Waals surface area contributed by atoms with Crippen LogP contribution in [0.5, 0.6) is 0 Å². The van der Waals surface area contributed by atoms with E-state index in [-0.39, 0.29) is 11.5 Å². The Morgan fingerprint density at radius 3 is 2.53 bits per heavy atom. The third-order valence-corrected chi connectivity index (χ3v) is 7.54. The quantitative estimate of drug-likeness (QED) is 0.312. The number of aromatic nitrogens is 3. The summed E-state index contributed by atoms with van der Waals surface area (Å²) >= 11 is 13.4. The fourth-order valence-electron chi connectivity index (χ4n) is 4.27. The second-order valence-electron chi connectivity index (χ2n) is 8.25. The van der Waals surface area contributed by atoms with Crippen molar-refractivity contribution < 1.29 is 4.79 Å². The lowest BCUT2D eigenvalue weighted by atomic mass is 10.1. The molecule has 0 atom stereocenters. The van der Waals surface area contributed by atoms with Gasteiger partial charge in [-0.3, -0.25) is 9.59 Å². The van der Waals surface area contributed by atoms with E-state index in [4.69, 9.17) is 23.2 Å². The highest BCUT2D eigenvalue weighted by Crippen LogP contribution is 2.35. The van der Waals surface area contributed by atoms with Gasteiger partial charge < -0.3 is 4.90 Å². The monoisotopic (exact) mass is 512 g/mol. The summed E-state index contributed by atoms with van der Waals surface area (Å²) in [6.45, 7) is 2.82. The molecule has 1 aliphatic rings. The summed E-state index contributed by atoms with van der Waals surface area (Å²) in [6.07, 6.45) is 5.55. The largest absolute Gasteiger partial charge is 0.308 e. The summed E-state index contributed by atoms with van der Waals surface area (Å²) in [4.78, 5) is 33.5. The molecule has 4 aromatic rings. The summed E-state index contributed by atoms with van der Waals surface area (Å²) in [5.74, 6) is 0.202. The molecule has 3 heterocycles. The number of hydrogen-bond acceptors (Lipinski definition) is 5. The first kappa shape index (κ1) is 23.0. The molecule has 9 heteroatoms. The van der Waals surface area contributed by atoms with E-state index in [1.807, 2.05) is 24.3 Å². The molecule has 1 aliphatic heterocycles. The molecule has 2 aromatic carbocycles. The van der Waals surface area contributed by atoms with Crippen LogP contribution in [0.4, 0.5) is 5.69 Å². The number of halogens is 2. The van der Waals surface area contributed by atoms with Crippen LogP contribution in [0.25, 0.3) is 21.9 Å². The first-order valence-electron chi connectivity index (χ1n) is 11.3. The smallest absolute Gasteiger partial charge is 0.291 e. The number of para-hydroxylation sites is 1. The molecule has 0 N–H and O–H groups in total. The maximum atomic E-state index is 13.5. The Labute approximate surface area is 210 Å². The third kappa shape index (κ3) is 4.02. The molecule has 0 unspecified atom stereocenters. The summed E-state index contributed by atoms with van der Waals surface area (Å²) in [5.41, 5.74) is 2.30. The molecule has 2 aromatic heterocycles. The Kier molecular flexibility index (Phi) is 6.42. The minimum atomic E-state index is -0.355. The van der Waals surface area contributed by atoms with Crippen molar-refractivity contribution in [2.24, 2.45) is 0 Å². The zero-order chi connectivity index (χ0) is 23.8. The van der Waals surface area contributed by atoms with Crippen molar-refractivity contribution in [2.45, 2.75) is 39.0 Å². The molecular weight excluding hydrogens is 491 g/mol. The fourth-order valence-corrected chi connectivity index (χ4v) is 5.76. The topological polar surface area (TPSA) is 67.6 Å². The van der Waals surface area contributed by atoms with Gasteiger partial charge in [-0.2, -0.15) is 9.50 Å². The second-order valence-corrected chi connectivity index (χ2v) is 10.1. The van der Waals surface area contributed by atoms with Crippen molar-refractivity contribution in [2.75, 3.05) is 11.4 Å². The highest BCUT2D eigenvalue weighted by molar-refractivity contribution is 7.15. The first-order chi connectivity index (χ1) is 16.5. The number of rotatable bonds is 7. The van der Waals surface area contributed by atoms with Crippen LogP contribution in [0.15, 0.2) is 47.3 Å². The maximum absolute atomic E-state index is 13.5. The number of carbonyl (C=O) groups excluding carboxylic acids is 1. The molecule has 1 amide bonds. The molecule has 0 saturated carbocycles. The highest BCUT2D eigenvalue weighted by atomic mass is 35.5. The van der Waals surface area contributed by atoms with Gasteiger partial charge in [-0.05, 0) is 30.7 Å². The van der Waals surface area contributed by atoms with Crippen LogP contribution < -0.4 is 15.0 Å². The van der Waals surface area contributed by atoms with Gasteiger partial charge in [0.15, 0.2) is 5.82 Å². The Balaban J connectivity index is 1.55. The van der Waals surface area contributed by atoms with Crippen LogP contribution in [0.3, 0.4) is 0 Å². The van der Waals surface area contributed by atoms with Crippen LogP contribution in [-0.2, 0) is 4.79 Å². The molecule has 6 nitrogen and oxygen atoms in total. The number of amides is 1. The number of hydrogen-bond donors (Lipinski definition) is 0. The minimum absolute atomic E-state index is 0.140.